The Kier molecular flexibility index (Phi) is 5.27. The summed E-state index contributed by atoms with van der Waals surface area (Å²) in [6.45, 7) is 2.28. The number of carbonyl (C=O) groups excluding carboxylic acids is 1. The Balaban J connectivity index is 1.71. The van der Waals surface area contributed by atoms with Gasteiger partial charge in [0.1, 0.15) is 5.82 Å². The first-order chi connectivity index (χ1) is 12.8. The van der Waals surface area contributed by atoms with Crippen LogP contribution in [0.25, 0.3) is 5.69 Å². The lowest BCUT2D eigenvalue weighted by atomic mass is 10.1. The molecule has 1 heterocycles. The van der Waals surface area contributed by atoms with Crippen LogP contribution >= 0.6 is 0 Å². The number of para-hydroxylation sites is 1. The topological polar surface area (TPSA) is 93.1 Å². The summed E-state index contributed by atoms with van der Waals surface area (Å²) in [7, 11) is -3.34. The van der Waals surface area contributed by atoms with Gasteiger partial charge >= 0.3 is 0 Å². The lowest BCUT2D eigenvalue weighted by molar-refractivity contribution is 0.0951. The quantitative estimate of drug-likeness (QED) is 0.683. The number of sulfonamides is 1. The number of aryl methyl sites for hydroxylation is 1. The Labute approximate surface area is 158 Å². The van der Waals surface area contributed by atoms with E-state index in [1.807, 2.05) is 42.0 Å². The van der Waals surface area contributed by atoms with Gasteiger partial charge in [-0.25, -0.2) is 13.4 Å². The summed E-state index contributed by atoms with van der Waals surface area (Å²) >= 11 is 0. The van der Waals surface area contributed by atoms with Crippen molar-refractivity contribution < 1.29 is 13.2 Å². The first kappa shape index (κ1) is 18.7. The molecule has 0 saturated carbocycles. The summed E-state index contributed by atoms with van der Waals surface area (Å²) in [6, 6.07) is 14.0. The van der Waals surface area contributed by atoms with Crippen LogP contribution in [0.2, 0.25) is 0 Å². The average Bonchev–Trinajstić information content (AvgIpc) is 3.05. The Morgan fingerprint density at radius 2 is 1.81 bits per heavy atom. The molecule has 0 saturated heterocycles. The molecule has 1 aromatic heterocycles. The largest absolute Gasteiger partial charge is 0.348 e. The van der Waals surface area contributed by atoms with Gasteiger partial charge in [-0.05, 0) is 42.8 Å². The van der Waals surface area contributed by atoms with E-state index in [1.54, 1.807) is 30.5 Å². The highest BCUT2D eigenvalue weighted by Gasteiger charge is 2.10. The smallest absolute Gasteiger partial charge is 0.251 e. The van der Waals surface area contributed by atoms with Gasteiger partial charge in [-0.2, -0.15) is 0 Å². The van der Waals surface area contributed by atoms with Crippen molar-refractivity contribution in [3.63, 3.8) is 0 Å². The second-order valence-corrected chi connectivity index (χ2v) is 7.86. The summed E-state index contributed by atoms with van der Waals surface area (Å²) in [5.74, 6) is 0.626. The van der Waals surface area contributed by atoms with Gasteiger partial charge in [0.25, 0.3) is 5.91 Å². The number of anilines is 1. The summed E-state index contributed by atoms with van der Waals surface area (Å²) in [5.41, 5.74) is 2.78. The predicted octanol–water partition coefficient (Wildman–Crippen LogP) is 2.48. The second-order valence-electron chi connectivity index (χ2n) is 6.11. The van der Waals surface area contributed by atoms with Crippen molar-refractivity contribution in [2.75, 3.05) is 11.0 Å². The molecule has 3 rings (SSSR count). The van der Waals surface area contributed by atoms with Crippen LogP contribution < -0.4 is 10.0 Å². The zero-order valence-corrected chi connectivity index (χ0v) is 15.8. The highest BCUT2D eigenvalue weighted by atomic mass is 32.2. The molecular formula is C19H20N4O3S. The molecule has 3 aromatic rings. The molecule has 0 aliphatic carbocycles. The maximum atomic E-state index is 12.4. The molecule has 7 nitrogen and oxygen atoms in total. The maximum absolute atomic E-state index is 12.4. The standard InChI is InChI=1S/C19H20N4O3S/c1-14-20-11-12-23(14)18-6-4-3-5-16(18)13-21-19(24)15-7-9-17(10-8-15)22-27(2,25)26/h3-12,22H,13H2,1-2H3,(H,21,24). The van der Waals surface area contributed by atoms with E-state index in [-0.39, 0.29) is 5.91 Å². The van der Waals surface area contributed by atoms with Gasteiger partial charge in [-0.3, -0.25) is 9.52 Å². The summed E-state index contributed by atoms with van der Waals surface area (Å²) < 4.78 is 26.8. The van der Waals surface area contributed by atoms with Crippen molar-refractivity contribution in [3.05, 3.63) is 77.9 Å². The highest BCUT2D eigenvalue weighted by molar-refractivity contribution is 7.92. The van der Waals surface area contributed by atoms with Crippen molar-refractivity contribution in [3.8, 4) is 5.69 Å². The summed E-state index contributed by atoms with van der Waals surface area (Å²) in [4.78, 5) is 16.6. The molecule has 27 heavy (non-hydrogen) atoms. The third-order valence-corrected chi connectivity index (χ3v) is 4.57. The Morgan fingerprint density at radius 3 is 2.44 bits per heavy atom. The second kappa shape index (κ2) is 7.63. The molecule has 0 atom stereocenters. The van der Waals surface area contributed by atoms with Crippen molar-refractivity contribution in [1.82, 2.24) is 14.9 Å². The minimum absolute atomic E-state index is 0.238. The number of carbonyl (C=O) groups is 1. The molecule has 2 aromatic carbocycles. The van der Waals surface area contributed by atoms with Gasteiger partial charge in [-0.15, -0.1) is 0 Å². The number of hydrogen-bond acceptors (Lipinski definition) is 4. The molecule has 2 N–H and O–H groups in total. The number of aromatic nitrogens is 2. The van der Waals surface area contributed by atoms with Crippen molar-refractivity contribution in [1.29, 1.82) is 0 Å². The number of rotatable bonds is 6. The van der Waals surface area contributed by atoms with Crippen LogP contribution in [-0.2, 0) is 16.6 Å². The zero-order chi connectivity index (χ0) is 19.4. The van der Waals surface area contributed by atoms with Crippen molar-refractivity contribution in [2.45, 2.75) is 13.5 Å². The first-order valence-electron chi connectivity index (χ1n) is 8.28. The Morgan fingerprint density at radius 1 is 1.11 bits per heavy atom. The molecule has 0 radical (unpaired) electrons. The number of hydrogen-bond donors (Lipinski definition) is 2. The van der Waals surface area contributed by atoms with Crippen LogP contribution in [-0.4, -0.2) is 30.1 Å². The monoisotopic (exact) mass is 384 g/mol. The van der Waals surface area contributed by atoms with Gasteiger partial charge in [0, 0.05) is 30.2 Å². The van der Waals surface area contributed by atoms with Crippen LogP contribution in [0.15, 0.2) is 60.9 Å². The van der Waals surface area contributed by atoms with E-state index in [0.29, 0.717) is 17.8 Å². The van der Waals surface area contributed by atoms with Gasteiger partial charge in [0.05, 0.1) is 11.9 Å². The lowest BCUT2D eigenvalue weighted by Gasteiger charge is -2.13. The average molecular weight is 384 g/mol. The summed E-state index contributed by atoms with van der Waals surface area (Å²) in [5, 5.41) is 2.89. The van der Waals surface area contributed by atoms with Crippen molar-refractivity contribution in [2.24, 2.45) is 0 Å². The van der Waals surface area contributed by atoms with E-state index in [9.17, 15) is 13.2 Å². The summed E-state index contributed by atoms with van der Waals surface area (Å²) in [6.07, 6.45) is 4.69. The van der Waals surface area contributed by atoms with E-state index in [4.69, 9.17) is 0 Å². The fraction of sp³-hybridized carbons (Fsp3) is 0.158. The fourth-order valence-electron chi connectivity index (χ4n) is 2.71. The highest BCUT2D eigenvalue weighted by Crippen LogP contribution is 2.16. The number of benzene rings is 2. The minimum Gasteiger partial charge on any atom is -0.348 e. The third kappa shape index (κ3) is 4.73. The van der Waals surface area contributed by atoms with E-state index in [0.717, 1.165) is 23.3 Å². The lowest BCUT2D eigenvalue weighted by Crippen LogP contribution is -2.23. The van der Waals surface area contributed by atoms with E-state index < -0.39 is 10.0 Å². The number of amides is 1. The van der Waals surface area contributed by atoms with Crippen LogP contribution in [0.3, 0.4) is 0 Å². The molecule has 8 heteroatoms. The number of imidazole rings is 1. The van der Waals surface area contributed by atoms with Gasteiger partial charge in [0.15, 0.2) is 0 Å². The molecule has 0 unspecified atom stereocenters. The van der Waals surface area contributed by atoms with E-state index >= 15 is 0 Å². The SMILES string of the molecule is Cc1nccn1-c1ccccc1CNC(=O)c1ccc(NS(C)(=O)=O)cc1. The fourth-order valence-corrected chi connectivity index (χ4v) is 3.27. The zero-order valence-electron chi connectivity index (χ0n) is 15.0. The molecule has 0 bridgehead atoms. The Hall–Kier alpha value is -3.13. The predicted molar refractivity (Wildman–Crippen MR) is 104 cm³/mol. The van der Waals surface area contributed by atoms with Crippen LogP contribution in [0.4, 0.5) is 5.69 Å². The van der Waals surface area contributed by atoms with Gasteiger partial charge < -0.3 is 9.88 Å². The molecule has 0 fully saturated rings. The van der Waals surface area contributed by atoms with Crippen molar-refractivity contribution >= 4 is 21.6 Å². The van der Waals surface area contributed by atoms with Crippen LogP contribution in [0.5, 0.6) is 0 Å². The van der Waals surface area contributed by atoms with E-state index in [2.05, 4.69) is 15.0 Å². The van der Waals surface area contributed by atoms with Crippen LogP contribution in [0, 0.1) is 6.92 Å². The van der Waals surface area contributed by atoms with E-state index in [1.165, 1.54) is 0 Å². The van der Waals surface area contributed by atoms with Gasteiger partial charge in [0.2, 0.25) is 10.0 Å². The molecule has 0 aliphatic heterocycles. The molecule has 140 valence electrons. The van der Waals surface area contributed by atoms with Crippen LogP contribution in [0.1, 0.15) is 21.7 Å². The Bertz CT molecular complexity index is 1060. The maximum Gasteiger partial charge on any atom is 0.251 e. The molecule has 0 spiro atoms. The molecule has 0 aliphatic rings. The number of nitrogens with one attached hydrogen (secondary N) is 2. The first-order valence-corrected chi connectivity index (χ1v) is 10.2. The number of nitrogens with zero attached hydrogens (tertiary/aromatic N) is 2. The normalized spacial score (nSPS) is 11.2. The molecular weight excluding hydrogens is 364 g/mol. The third-order valence-electron chi connectivity index (χ3n) is 3.97. The molecule has 1 amide bonds. The minimum atomic E-state index is -3.34. The van der Waals surface area contributed by atoms with Gasteiger partial charge in [-0.1, -0.05) is 18.2 Å².